The minimum Gasteiger partial charge on any atom is -0.496 e. The molecule has 13 heavy (non-hydrogen) atoms. The van der Waals surface area contributed by atoms with Gasteiger partial charge in [0.15, 0.2) is 0 Å². The molecule has 0 aliphatic heterocycles. The Morgan fingerprint density at radius 2 is 2.23 bits per heavy atom. The van der Waals surface area contributed by atoms with Gasteiger partial charge in [-0.15, -0.1) is 0 Å². The van der Waals surface area contributed by atoms with Crippen molar-refractivity contribution < 1.29 is 9.13 Å². The molecule has 0 bridgehead atoms. The van der Waals surface area contributed by atoms with Gasteiger partial charge in [0, 0.05) is 10.9 Å². The van der Waals surface area contributed by atoms with Gasteiger partial charge < -0.3 is 4.74 Å². The molecule has 0 saturated heterocycles. The van der Waals surface area contributed by atoms with Crippen molar-refractivity contribution in [3.05, 3.63) is 28.5 Å². The highest BCUT2D eigenvalue weighted by Crippen LogP contribution is 2.29. The van der Waals surface area contributed by atoms with Crippen LogP contribution in [0.5, 0.6) is 5.75 Å². The normalized spacial score (nSPS) is 10.2. The van der Waals surface area contributed by atoms with Crippen LogP contribution in [-0.4, -0.2) is 12.4 Å². The van der Waals surface area contributed by atoms with E-state index in [4.69, 9.17) is 16.3 Å². The summed E-state index contributed by atoms with van der Waals surface area (Å²) in [7, 11) is 1.54. The second kappa shape index (κ2) is 4.82. The van der Waals surface area contributed by atoms with Gasteiger partial charge in [-0.3, -0.25) is 0 Å². The molecule has 0 aliphatic rings. The van der Waals surface area contributed by atoms with Gasteiger partial charge in [-0.25, -0.2) is 4.39 Å². The van der Waals surface area contributed by atoms with Gasteiger partial charge in [0.25, 0.3) is 0 Å². The smallest absolute Gasteiger partial charge is 0.142 e. The Labute approximate surface area is 90.0 Å². The maximum absolute atomic E-state index is 13.0. The van der Waals surface area contributed by atoms with E-state index in [9.17, 15) is 4.39 Å². The molecule has 0 saturated carbocycles. The molecule has 0 aromatic heterocycles. The Morgan fingerprint density at radius 3 is 2.77 bits per heavy atom. The molecule has 0 unspecified atom stereocenters. The minimum absolute atomic E-state index is 0.152. The first-order valence-electron chi connectivity index (χ1n) is 3.77. The molecule has 1 nitrogen and oxygen atoms in total. The molecule has 0 amide bonds. The second-order valence-electron chi connectivity index (χ2n) is 2.48. The van der Waals surface area contributed by atoms with Gasteiger partial charge >= 0.3 is 0 Å². The van der Waals surface area contributed by atoms with E-state index in [1.54, 1.807) is 13.2 Å². The molecule has 1 aromatic carbocycles. The third kappa shape index (κ3) is 2.35. The monoisotopic (exact) mass is 266 g/mol. The summed E-state index contributed by atoms with van der Waals surface area (Å²) in [4.78, 5) is 0. The molecule has 4 heteroatoms. The van der Waals surface area contributed by atoms with Crippen LogP contribution in [-0.2, 0) is 6.42 Å². The van der Waals surface area contributed by atoms with Crippen molar-refractivity contribution in [1.82, 2.24) is 0 Å². The molecular formula is C9H9BrClFO. The fourth-order valence-corrected chi connectivity index (χ4v) is 1.74. The van der Waals surface area contributed by atoms with E-state index in [0.29, 0.717) is 17.7 Å². The summed E-state index contributed by atoms with van der Waals surface area (Å²) in [6, 6.07) is 2.89. The van der Waals surface area contributed by atoms with Gasteiger partial charge in [0.2, 0.25) is 0 Å². The molecule has 0 atom stereocenters. The summed E-state index contributed by atoms with van der Waals surface area (Å²) >= 11 is 9.05. The highest BCUT2D eigenvalue weighted by molar-refractivity contribution is 9.09. The van der Waals surface area contributed by atoms with Crippen molar-refractivity contribution in [3.63, 3.8) is 0 Å². The topological polar surface area (TPSA) is 9.23 Å². The van der Waals surface area contributed by atoms with Crippen LogP contribution in [0.25, 0.3) is 0 Å². The van der Waals surface area contributed by atoms with Crippen LogP contribution in [0, 0.1) is 5.82 Å². The first-order chi connectivity index (χ1) is 6.20. The maximum Gasteiger partial charge on any atom is 0.142 e. The van der Waals surface area contributed by atoms with E-state index in [2.05, 4.69) is 15.9 Å². The number of halogens is 3. The second-order valence-corrected chi connectivity index (χ2v) is 3.65. The summed E-state index contributed by atoms with van der Waals surface area (Å²) in [5, 5.41) is 0.880. The zero-order valence-electron chi connectivity index (χ0n) is 7.11. The lowest BCUT2D eigenvalue weighted by atomic mass is 10.1. The Hall–Kier alpha value is -0.280. The number of hydrogen-bond acceptors (Lipinski definition) is 1. The van der Waals surface area contributed by atoms with E-state index in [-0.39, 0.29) is 5.02 Å². The number of rotatable bonds is 3. The molecule has 0 aliphatic carbocycles. The number of ether oxygens (including phenoxy) is 1. The van der Waals surface area contributed by atoms with Crippen LogP contribution in [0.4, 0.5) is 4.39 Å². The summed E-state index contributed by atoms with van der Waals surface area (Å²) in [6.45, 7) is 0. The van der Waals surface area contributed by atoms with E-state index < -0.39 is 5.82 Å². The van der Waals surface area contributed by atoms with Crippen molar-refractivity contribution in [3.8, 4) is 5.75 Å². The van der Waals surface area contributed by atoms with Crippen molar-refractivity contribution >= 4 is 27.5 Å². The predicted octanol–water partition coefficient (Wildman–Crippen LogP) is 3.43. The largest absolute Gasteiger partial charge is 0.496 e. The van der Waals surface area contributed by atoms with E-state index in [0.717, 1.165) is 5.33 Å². The Bertz CT molecular complexity index is 304. The van der Waals surface area contributed by atoms with Gasteiger partial charge in [-0.2, -0.15) is 0 Å². The van der Waals surface area contributed by atoms with Crippen LogP contribution in [0.3, 0.4) is 0 Å². The molecule has 0 N–H and O–H groups in total. The molecule has 0 heterocycles. The first-order valence-corrected chi connectivity index (χ1v) is 5.27. The van der Waals surface area contributed by atoms with Gasteiger partial charge in [0.1, 0.15) is 11.6 Å². The van der Waals surface area contributed by atoms with Crippen LogP contribution in [0.1, 0.15) is 5.56 Å². The lowest BCUT2D eigenvalue weighted by Crippen LogP contribution is -1.96. The molecule has 0 spiro atoms. The number of alkyl halides is 1. The third-order valence-corrected chi connectivity index (χ3v) is 2.52. The van der Waals surface area contributed by atoms with Crippen LogP contribution in [0.15, 0.2) is 12.1 Å². The highest BCUT2D eigenvalue weighted by atomic mass is 79.9. The molecule has 0 fully saturated rings. The highest BCUT2D eigenvalue weighted by Gasteiger charge is 2.11. The quantitative estimate of drug-likeness (QED) is 0.763. The van der Waals surface area contributed by atoms with Gasteiger partial charge in [-0.05, 0) is 18.6 Å². The summed E-state index contributed by atoms with van der Waals surface area (Å²) in [5.41, 5.74) is 0.709. The summed E-state index contributed by atoms with van der Waals surface area (Å²) in [5.74, 6) is 0.226. The summed E-state index contributed by atoms with van der Waals surface area (Å²) < 4.78 is 18.1. The fourth-order valence-electron chi connectivity index (χ4n) is 1.09. The van der Waals surface area contributed by atoms with Crippen molar-refractivity contribution in [2.45, 2.75) is 6.42 Å². The van der Waals surface area contributed by atoms with Crippen LogP contribution >= 0.6 is 27.5 Å². The molecule has 1 aromatic rings. The molecule has 1 rings (SSSR count). The minimum atomic E-state index is -0.404. The molecule has 0 radical (unpaired) electrons. The van der Waals surface area contributed by atoms with E-state index >= 15 is 0 Å². The van der Waals surface area contributed by atoms with Crippen molar-refractivity contribution in [2.75, 3.05) is 12.4 Å². The van der Waals surface area contributed by atoms with Crippen LogP contribution < -0.4 is 4.74 Å². The number of methoxy groups -OCH3 is 1. The first kappa shape index (κ1) is 10.8. The molecule has 72 valence electrons. The predicted molar refractivity (Wildman–Crippen MR) is 55.5 cm³/mol. The average molecular weight is 268 g/mol. The zero-order chi connectivity index (χ0) is 9.84. The number of benzene rings is 1. The van der Waals surface area contributed by atoms with Crippen molar-refractivity contribution in [1.29, 1.82) is 0 Å². The van der Waals surface area contributed by atoms with Gasteiger partial charge in [-0.1, -0.05) is 27.5 Å². The SMILES string of the molecule is COc1ccc(F)c(Cl)c1CCBr. The summed E-state index contributed by atoms with van der Waals surface area (Å²) in [6.07, 6.45) is 0.653. The lowest BCUT2D eigenvalue weighted by molar-refractivity contribution is 0.409. The van der Waals surface area contributed by atoms with Crippen molar-refractivity contribution in [2.24, 2.45) is 0 Å². The zero-order valence-corrected chi connectivity index (χ0v) is 9.45. The Balaban J connectivity index is 3.15. The van der Waals surface area contributed by atoms with Crippen LogP contribution in [0.2, 0.25) is 5.02 Å². The lowest BCUT2D eigenvalue weighted by Gasteiger charge is -2.09. The Kier molecular flexibility index (Phi) is 4.00. The Morgan fingerprint density at radius 1 is 1.54 bits per heavy atom. The van der Waals surface area contributed by atoms with Gasteiger partial charge in [0.05, 0.1) is 12.1 Å². The van der Waals surface area contributed by atoms with E-state index in [1.165, 1.54) is 6.07 Å². The number of hydrogen-bond donors (Lipinski definition) is 0. The fraction of sp³-hybridized carbons (Fsp3) is 0.333. The maximum atomic E-state index is 13.0. The van der Waals surface area contributed by atoms with E-state index in [1.807, 2.05) is 0 Å². The molecular weight excluding hydrogens is 258 g/mol. The standard InChI is InChI=1S/C9H9BrClFO/c1-13-8-3-2-7(12)9(11)6(8)4-5-10/h2-3H,4-5H2,1H3. The third-order valence-electron chi connectivity index (χ3n) is 1.72. The average Bonchev–Trinajstić information content (AvgIpc) is 2.14.